The number of nitrogens with zero attached hydrogens (tertiary/aromatic N) is 1. The fraction of sp³-hybridized carbons (Fsp3) is 0.900. The van der Waals surface area contributed by atoms with Gasteiger partial charge in [0, 0.05) is 6.42 Å². The van der Waals surface area contributed by atoms with Gasteiger partial charge in [0.15, 0.2) is 0 Å². The van der Waals surface area contributed by atoms with Crippen molar-refractivity contribution in [3.8, 4) is 6.07 Å². The van der Waals surface area contributed by atoms with Crippen LogP contribution in [0.2, 0.25) is 0 Å². The van der Waals surface area contributed by atoms with Gasteiger partial charge in [-0.05, 0) is 24.7 Å². The Bertz CT molecular complexity index is 149. The van der Waals surface area contributed by atoms with Crippen molar-refractivity contribution in [3.05, 3.63) is 0 Å². The summed E-state index contributed by atoms with van der Waals surface area (Å²) >= 11 is 0. The van der Waals surface area contributed by atoms with E-state index >= 15 is 0 Å². The van der Waals surface area contributed by atoms with Crippen LogP contribution in [0.1, 0.15) is 51.9 Å². The van der Waals surface area contributed by atoms with Crippen molar-refractivity contribution in [1.82, 2.24) is 0 Å². The molecule has 0 aliphatic heterocycles. The second kappa shape index (κ2) is 3.76. The molecule has 0 N–H and O–H groups in total. The molecule has 1 aliphatic carbocycles. The molecule has 0 atom stereocenters. The average Bonchev–Trinajstić information content (AvgIpc) is 2.03. The van der Waals surface area contributed by atoms with E-state index in [1.54, 1.807) is 0 Å². The number of rotatable bonds is 2. The fourth-order valence-corrected chi connectivity index (χ4v) is 2.01. The molecule has 1 fully saturated rings. The van der Waals surface area contributed by atoms with Gasteiger partial charge in [0.25, 0.3) is 0 Å². The molecule has 1 saturated carbocycles. The van der Waals surface area contributed by atoms with E-state index in [1.807, 2.05) is 0 Å². The second-order valence-electron chi connectivity index (χ2n) is 4.03. The van der Waals surface area contributed by atoms with Crippen molar-refractivity contribution < 1.29 is 0 Å². The van der Waals surface area contributed by atoms with Gasteiger partial charge in [-0.15, -0.1) is 0 Å². The highest BCUT2D eigenvalue weighted by molar-refractivity contribution is 4.82. The molecule has 0 radical (unpaired) electrons. The fourth-order valence-electron chi connectivity index (χ4n) is 2.01. The van der Waals surface area contributed by atoms with Gasteiger partial charge in [0.2, 0.25) is 0 Å². The minimum atomic E-state index is 0.508. The Morgan fingerprint density at radius 1 is 1.27 bits per heavy atom. The van der Waals surface area contributed by atoms with E-state index in [-0.39, 0.29) is 0 Å². The predicted molar refractivity (Wildman–Crippen MR) is 46.0 cm³/mol. The van der Waals surface area contributed by atoms with Crippen molar-refractivity contribution in [2.75, 3.05) is 0 Å². The van der Waals surface area contributed by atoms with E-state index < -0.39 is 0 Å². The number of nitriles is 1. The zero-order valence-corrected chi connectivity index (χ0v) is 7.40. The van der Waals surface area contributed by atoms with Crippen molar-refractivity contribution in [3.63, 3.8) is 0 Å². The van der Waals surface area contributed by atoms with Gasteiger partial charge in [-0.25, -0.2) is 0 Å². The lowest BCUT2D eigenvalue weighted by atomic mass is 9.73. The van der Waals surface area contributed by atoms with E-state index in [0.29, 0.717) is 5.41 Å². The van der Waals surface area contributed by atoms with E-state index in [4.69, 9.17) is 5.26 Å². The molecule has 11 heavy (non-hydrogen) atoms. The van der Waals surface area contributed by atoms with Crippen LogP contribution in [0.15, 0.2) is 0 Å². The lowest BCUT2D eigenvalue weighted by Crippen LogP contribution is -2.19. The van der Waals surface area contributed by atoms with Gasteiger partial charge in [-0.3, -0.25) is 0 Å². The van der Waals surface area contributed by atoms with Crippen LogP contribution in [0, 0.1) is 16.7 Å². The van der Waals surface area contributed by atoms with Gasteiger partial charge in [-0.2, -0.15) is 5.26 Å². The maximum atomic E-state index is 8.46. The Hall–Kier alpha value is -0.510. The SMILES string of the molecule is CC1(CCC#N)CCCCC1. The molecule has 1 rings (SSSR count). The third-order valence-electron chi connectivity index (χ3n) is 2.90. The molecule has 1 nitrogen and oxygen atoms in total. The molecule has 0 aromatic heterocycles. The summed E-state index contributed by atoms with van der Waals surface area (Å²) in [7, 11) is 0. The highest BCUT2D eigenvalue weighted by Gasteiger charge is 2.25. The summed E-state index contributed by atoms with van der Waals surface area (Å²) in [5.74, 6) is 0. The minimum Gasteiger partial charge on any atom is -0.198 e. The first-order valence-electron chi connectivity index (χ1n) is 4.64. The van der Waals surface area contributed by atoms with Crippen molar-refractivity contribution in [1.29, 1.82) is 5.26 Å². The summed E-state index contributed by atoms with van der Waals surface area (Å²) in [6, 6.07) is 2.24. The van der Waals surface area contributed by atoms with Crippen LogP contribution in [0.3, 0.4) is 0 Å². The Balaban J connectivity index is 2.32. The average molecular weight is 151 g/mol. The molecule has 0 aromatic rings. The summed E-state index contributed by atoms with van der Waals surface area (Å²) in [4.78, 5) is 0. The Labute approximate surface area is 69.4 Å². The molecule has 1 heteroatoms. The number of hydrogen-bond acceptors (Lipinski definition) is 1. The lowest BCUT2D eigenvalue weighted by molar-refractivity contribution is 0.201. The standard InChI is InChI=1S/C10H17N/c1-10(8-5-9-11)6-3-2-4-7-10/h2-8H2,1H3. The summed E-state index contributed by atoms with van der Waals surface area (Å²) in [5, 5.41) is 8.46. The topological polar surface area (TPSA) is 23.8 Å². The van der Waals surface area contributed by atoms with Gasteiger partial charge in [-0.1, -0.05) is 26.2 Å². The monoisotopic (exact) mass is 151 g/mol. The van der Waals surface area contributed by atoms with Crippen molar-refractivity contribution in [2.24, 2.45) is 5.41 Å². The van der Waals surface area contributed by atoms with Crippen LogP contribution in [-0.4, -0.2) is 0 Å². The Morgan fingerprint density at radius 2 is 1.91 bits per heavy atom. The molecule has 0 amide bonds. The zero-order chi connectivity index (χ0) is 8.16. The van der Waals surface area contributed by atoms with E-state index in [1.165, 1.54) is 32.1 Å². The van der Waals surface area contributed by atoms with Gasteiger partial charge in [0.1, 0.15) is 0 Å². The van der Waals surface area contributed by atoms with Gasteiger partial charge in [0.05, 0.1) is 6.07 Å². The first-order valence-corrected chi connectivity index (χ1v) is 4.64. The highest BCUT2D eigenvalue weighted by Crippen LogP contribution is 2.39. The molecule has 0 bridgehead atoms. The summed E-state index contributed by atoms with van der Waals surface area (Å²) < 4.78 is 0. The third kappa shape index (κ3) is 2.54. The molecule has 0 saturated heterocycles. The number of hydrogen-bond donors (Lipinski definition) is 0. The molecule has 1 aliphatic rings. The Morgan fingerprint density at radius 3 is 2.45 bits per heavy atom. The maximum absolute atomic E-state index is 8.46. The highest BCUT2D eigenvalue weighted by atomic mass is 14.3. The van der Waals surface area contributed by atoms with Crippen LogP contribution in [0.25, 0.3) is 0 Å². The molecule has 0 unspecified atom stereocenters. The predicted octanol–water partition coefficient (Wildman–Crippen LogP) is 3.26. The quantitative estimate of drug-likeness (QED) is 0.594. The maximum Gasteiger partial charge on any atom is 0.0621 e. The van der Waals surface area contributed by atoms with Gasteiger partial charge >= 0.3 is 0 Å². The molecular weight excluding hydrogens is 134 g/mol. The van der Waals surface area contributed by atoms with Crippen molar-refractivity contribution >= 4 is 0 Å². The van der Waals surface area contributed by atoms with Crippen LogP contribution < -0.4 is 0 Å². The largest absolute Gasteiger partial charge is 0.198 e. The zero-order valence-electron chi connectivity index (χ0n) is 7.40. The first-order chi connectivity index (χ1) is 5.27. The normalized spacial score (nSPS) is 22.5. The van der Waals surface area contributed by atoms with Crippen LogP contribution >= 0.6 is 0 Å². The molecule has 0 aromatic carbocycles. The molecule has 62 valence electrons. The molecular formula is C10H17N. The molecule has 0 spiro atoms. The summed E-state index contributed by atoms with van der Waals surface area (Å²) in [6.45, 7) is 2.34. The summed E-state index contributed by atoms with van der Waals surface area (Å²) in [5.41, 5.74) is 0.508. The van der Waals surface area contributed by atoms with Crippen molar-refractivity contribution in [2.45, 2.75) is 51.9 Å². The van der Waals surface area contributed by atoms with Crippen LogP contribution in [0.4, 0.5) is 0 Å². The Kier molecular flexibility index (Phi) is 2.93. The van der Waals surface area contributed by atoms with Gasteiger partial charge < -0.3 is 0 Å². The third-order valence-corrected chi connectivity index (χ3v) is 2.90. The lowest BCUT2D eigenvalue weighted by Gasteiger charge is -2.32. The van der Waals surface area contributed by atoms with Crippen LogP contribution in [-0.2, 0) is 0 Å². The van der Waals surface area contributed by atoms with E-state index in [9.17, 15) is 0 Å². The van der Waals surface area contributed by atoms with Crippen LogP contribution in [0.5, 0.6) is 0 Å². The van der Waals surface area contributed by atoms with E-state index in [2.05, 4.69) is 13.0 Å². The minimum absolute atomic E-state index is 0.508. The second-order valence-corrected chi connectivity index (χ2v) is 4.03. The molecule has 0 heterocycles. The smallest absolute Gasteiger partial charge is 0.0621 e. The van der Waals surface area contributed by atoms with E-state index in [0.717, 1.165) is 12.8 Å². The first kappa shape index (κ1) is 8.59. The summed E-state index contributed by atoms with van der Waals surface area (Å²) in [6.07, 6.45) is 8.70.